The zero-order valence-electron chi connectivity index (χ0n) is 12.5. The van der Waals surface area contributed by atoms with Crippen LogP contribution >= 0.6 is 15.9 Å². The lowest BCUT2D eigenvalue weighted by molar-refractivity contribution is 0.122. The molecule has 2 heterocycles. The molecule has 116 valence electrons. The lowest BCUT2D eigenvalue weighted by Gasteiger charge is -2.48. The topological polar surface area (TPSA) is 57.4 Å². The average Bonchev–Trinajstić information content (AvgIpc) is 3.00. The van der Waals surface area contributed by atoms with Gasteiger partial charge in [-0.1, -0.05) is 6.08 Å². The summed E-state index contributed by atoms with van der Waals surface area (Å²) < 4.78 is 16.6. The van der Waals surface area contributed by atoms with E-state index in [9.17, 15) is 0 Å². The number of nitrogens with two attached hydrogens (primary N) is 1. The Morgan fingerprint density at radius 3 is 2.86 bits per heavy atom. The molecular formula is C16H18BrFN4. The maximum Gasteiger partial charge on any atom is 0.176 e. The first-order valence-corrected chi connectivity index (χ1v) is 7.85. The van der Waals surface area contributed by atoms with Gasteiger partial charge in [-0.05, 0) is 48.0 Å². The number of nitrogens with zero attached hydrogens (tertiary/aromatic N) is 2. The third-order valence-electron chi connectivity index (χ3n) is 4.26. The van der Waals surface area contributed by atoms with Crippen molar-refractivity contribution in [3.8, 4) is 0 Å². The monoisotopic (exact) mass is 364 g/mol. The van der Waals surface area contributed by atoms with Gasteiger partial charge in [-0.25, -0.2) is 4.39 Å². The second-order valence-electron chi connectivity index (χ2n) is 5.74. The van der Waals surface area contributed by atoms with Gasteiger partial charge < -0.3 is 15.6 Å². The molecule has 0 aromatic carbocycles. The molecule has 2 atom stereocenters. The number of alkyl halides is 1. The summed E-state index contributed by atoms with van der Waals surface area (Å²) in [5.74, 6) is 0. The lowest BCUT2D eigenvalue weighted by Crippen LogP contribution is -2.59. The molecule has 0 saturated carbocycles. The highest BCUT2D eigenvalue weighted by molar-refractivity contribution is 9.12. The molecule has 0 bridgehead atoms. The average molecular weight is 365 g/mol. The molecule has 1 aromatic rings. The Kier molecular flexibility index (Phi) is 3.51. The number of anilines is 1. The number of halogens is 2. The Hall–Kier alpha value is -1.82. The number of nitrogens with one attached hydrogen (secondary N) is 1. The third-order valence-corrected chi connectivity index (χ3v) is 5.04. The second-order valence-corrected chi connectivity index (χ2v) is 6.59. The number of hydrogen-bond donors (Lipinski definition) is 2. The van der Waals surface area contributed by atoms with Crippen molar-refractivity contribution in [3.63, 3.8) is 0 Å². The van der Waals surface area contributed by atoms with Crippen LogP contribution in [0.1, 0.15) is 20.3 Å². The predicted octanol–water partition coefficient (Wildman–Crippen LogP) is 3.76. The van der Waals surface area contributed by atoms with Gasteiger partial charge in [0.25, 0.3) is 0 Å². The Bertz CT molecular complexity index is 704. The summed E-state index contributed by atoms with van der Waals surface area (Å²) >= 11 is 3.49. The Balaban J connectivity index is 2.11. The highest BCUT2D eigenvalue weighted by Crippen LogP contribution is 2.45. The number of allylic oxidation sites excluding steroid dienone is 3. The molecule has 0 saturated heterocycles. The number of rotatable bonds is 2. The van der Waals surface area contributed by atoms with Crippen LogP contribution in [0.15, 0.2) is 58.1 Å². The van der Waals surface area contributed by atoms with E-state index in [0.717, 1.165) is 15.9 Å². The summed E-state index contributed by atoms with van der Waals surface area (Å²) in [4.78, 5) is 9.52. The van der Waals surface area contributed by atoms with E-state index >= 15 is 4.39 Å². The maximum absolute atomic E-state index is 15.8. The smallest absolute Gasteiger partial charge is 0.176 e. The minimum absolute atomic E-state index is 0.189. The van der Waals surface area contributed by atoms with Crippen molar-refractivity contribution in [2.24, 2.45) is 10.7 Å². The first-order chi connectivity index (χ1) is 10.4. The fraction of sp³-hybridized carbons (Fsp3) is 0.312. The molecule has 0 fully saturated rings. The van der Waals surface area contributed by atoms with E-state index in [1.165, 1.54) is 6.08 Å². The molecular weight excluding hydrogens is 347 g/mol. The number of hydrogen-bond acceptors (Lipinski definition) is 3. The predicted molar refractivity (Wildman–Crippen MR) is 91.7 cm³/mol. The fourth-order valence-corrected chi connectivity index (χ4v) is 3.13. The van der Waals surface area contributed by atoms with Crippen LogP contribution < -0.4 is 10.6 Å². The molecule has 2 aliphatic rings. The van der Waals surface area contributed by atoms with Crippen molar-refractivity contribution >= 4 is 27.3 Å². The lowest BCUT2D eigenvalue weighted by atomic mass is 9.82. The number of aromatic nitrogens is 1. The van der Waals surface area contributed by atoms with Gasteiger partial charge in [0.15, 0.2) is 11.3 Å². The van der Waals surface area contributed by atoms with Gasteiger partial charge in [0.05, 0.1) is 15.9 Å². The molecule has 0 spiro atoms. The normalized spacial score (nSPS) is 31.6. The Morgan fingerprint density at radius 1 is 1.50 bits per heavy atom. The van der Waals surface area contributed by atoms with Crippen LogP contribution in [0.5, 0.6) is 0 Å². The van der Waals surface area contributed by atoms with E-state index in [0.29, 0.717) is 5.70 Å². The maximum atomic E-state index is 15.8. The van der Waals surface area contributed by atoms with Crippen molar-refractivity contribution in [1.82, 2.24) is 4.98 Å². The van der Waals surface area contributed by atoms with Crippen LogP contribution in [0.3, 0.4) is 0 Å². The molecule has 1 aromatic heterocycles. The van der Waals surface area contributed by atoms with Crippen molar-refractivity contribution in [1.29, 1.82) is 0 Å². The molecule has 6 heteroatoms. The highest BCUT2D eigenvalue weighted by atomic mass is 79.9. The molecule has 3 N–H and O–H groups in total. The van der Waals surface area contributed by atoms with Crippen molar-refractivity contribution < 1.29 is 4.39 Å². The van der Waals surface area contributed by atoms with Crippen LogP contribution in [0, 0.1) is 0 Å². The van der Waals surface area contributed by atoms with Gasteiger partial charge in [-0.3, -0.25) is 4.99 Å². The largest absolute Gasteiger partial charge is 0.399 e. The second kappa shape index (κ2) is 5.12. The summed E-state index contributed by atoms with van der Waals surface area (Å²) in [7, 11) is 0. The first kappa shape index (κ1) is 15.1. The van der Waals surface area contributed by atoms with E-state index < -0.39 is 11.3 Å². The van der Waals surface area contributed by atoms with E-state index in [4.69, 9.17) is 5.73 Å². The van der Waals surface area contributed by atoms with Gasteiger partial charge in [-0.15, -0.1) is 0 Å². The molecule has 1 aliphatic heterocycles. The van der Waals surface area contributed by atoms with Gasteiger partial charge in [0.1, 0.15) is 0 Å². The molecule has 22 heavy (non-hydrogen) atoms. The standard InChI is InChI=1S/C16H18BrFN4/c1-11-14(17)10-22(13-5-8-20-9-13)15(2,21-11)16(18)6-3-12(19)4-7-16/h3-6,8-10,20H,7,19H2,1-2H3. The molecule has 0 radical (unpaired) electrons. The van der Waals surface area contributed by atoms with E-state index in [1.54, 1.807) is 19.1 Å². The number of H-pyrrole nitrogens is 1. The molecule has 2 unspecified atom stereocenters. The van der Waals surface area contributed by atoms with Crippen LogP contribution in [-0.4, -0.2) is 22.0 Å². The first-order valence-electron chi connectivity index (χ1n) is 7.06. The number of aliphatic imine (C=N–C) groups is 1. The van der Waals surface area contributed by atoms with Crippen LogP contribution in [0.25, 0.3) is 0 Å². The minimum atomic E-state index is -1.65. The van der Waals surface area contributed by atoms with Crippen molar-refractivity contribution in [2.75, 3.05) is 4.90 Å². The molecule has 3 rings (SSSR count). The van der Waals surface area contributed by atoms with Gasteiger partial charge in [-0.2, -0.15) is 0 Å². The molecule has 1 aliphatic carbocycles. The van der Waals surface area contributed by atoms with E-state index in [1.807, 2.05) is 36.5 Å². The van der Waals surface area contributed by atoms with Crippen LogP contribution in [0.2, 0.25) is 0 Å². The summed E-state index contributed by atoms with van der Waals surface area (Å²) in [6, 6.07) is 1.89. The molecule has 0 amide bonds. The zero-order valence-corrected chi connectivity index (χ0v) is 14.1. The quantitative estimate of drug-likeness (QED) is 0.839. The van der Waals surface area contributed by atoms with Crippen LogP contribution in [-0.2, 0) is 0 Å². The van der Waals surface area contributed by atoms with Crippen molar-refractivity contribution in [2.45, 2.75) is 31.6 Å². The minimum Gasteiger partial charge on any atom is -0.399 e. The zero-order chi connectivity index (χ0) is 16.0. The summed E-state index contributed by atoms with van der Waals surface area (Å²) in [6.07, 6.45) is 10.5. The summed E-state index contributed by atoms with van der Waals surface area (Å²) in [5.41, 5.74) is 5.19. The number of aromatic amines is 1. The van der Waals surface area contributed by atoms with Crippen LogP contribution in [0.4, 0.5) is 10.1 Å². The summed E-state index contributed by atoms with van der Waals surface area (Å²) in [5, 5.41) is 0. The van der Waals surface area contributed by atoms with Crippen molar-refractivity contribution in [3.05, 3.63) is 53.1 Å². The van der Waals surface area contributed by atoms with E-state index in [2.05, 4.69) is 25.9 Å². The Labute approximate surface area is 137 Å². The SMILES string of the molecule is CC1=NC(C)(C2(F)C=CC(N)=CC2)N(c2cc[nH]c2)C=C1Br. The summed E-state index contributed by atoms with van der Waals surface area (Å²) in [6.45, 7) is 3.67. The van der Waals surface area contributed by atoms with Gasteiger partial charge >= 0.3 is 0 Å². The van der Waals surface area contributed by atoms with Gasteiger partial charge in [0.2, 0.25) is 0 Å². The third kappa shape index (κ3) is 2.22. The fourth-order valence-electron chi connectivity index (χ4n) is 2.83. The van der Waals surface area contributed by atoms with Gasteiger partial charge in [0, 0.05) is 30.7 Å². The highest BCUT2D eigenvalue weighted by Gasteiger charge is 2.53. The Morgan fingerprint density at radius 2 is 2.27 bits per heavy atom. The molecule has 4 nitrogen and oxygen atoms in total. The van der Waals surface area contributed by atoms with E-state index in [-0.39, 0.29) is 6.42 Å².